The highest BCUT2D eigenvalue weighted by Crippen LogP contribution is 2.39. The van der Waals surface area contributed by atoms with E-state index in [1.54, 1.807) is 4.68 Å². The van der Waals surface area contributed by atoms with Crippen LogP contribution in [0.3, 0.4) is 0 Å². The van der Waals surface area contributed by atoms with Crippen LogP contribution in [0, 0.1) is 0 Å². The molecule has 2 heterocycles. The first-order valence-electron chi connectivity index (χ1n) is 7.28. The SMILES string of the molecule is CCOc1cc2c(cc1-c1cn(CCN)nn1)OC(C)C2. The molecule has 0 bridgehead atoms. The second-order valence-corrected chi connectivity index (χ2v) is 5.18. The van der Waals surface area contributed by atoms with E-state index < -0.39 is 0 Å². The highest BCUT2D eigenvalue weighted by atomic mass is 16.5. The zero-order valence-electron chi connectivity index (χ0n) is 12.4. The molecule has 6 nitrogen and oxygen atoms in total. The van der Waals surface area contributed by atoms with E-state index in [4.69, 9.17) is 15.2 Å². The number of ether oxygens (including phenoxy) is 2. The van der Waals surface area contributed by atoms with Crippen LogP contribution in [0.15, 0.2) is 18.3 Å². The maximum Gasteiger partial charge on any atom is 0.129 e. The molecule has 21 heavy (non-hydrogen) atoms. The number of nitrogens with zero attached hydrogens (tertiary/aromatic N) is 3. The molecule has 1 aromatic carbocycles. The maximum absolute atomic E-state index is 5.83. The summed E-state index contributed by atoms with van der Waals surface area (Å²) in [6.07, 6.45) is 3.00. The summed E-state index contributed by atoms with van der Waals surface area (Å²) in [7, 11) is 0. The standard InChI is InChI=1S/C15H20N4O2/c1-3-20-15-7-11-6-10(2)21-14(11)8-12(15)13-9-19(5-4-16)18-17-13/h7-10H,3-6,16H2,1-2H3. The lowest BCUT2D eigenvalue weighted by atomic mass is 10.0. The van der Waals surface area contributed by atoms with Gasteiger partial charge >= 0.3 is 0 Å². The lowest BCUT2D eigenvalue weighted by molar-refractivity contribution is 0.254. The zero-order valence-corrected chi connectivity index (χ0v) is 12.4. The van der Waals surface area contributed by atoms with E-state index in [2.05, 4.69) is 23.3 Å². The summed E-state index contributed by atoms with van der Waals surface area (Å²) >= 11 is 0. The van der Waals surface area contributed by atoms with Gasteiger partial charge in [-0.1, -0.05) is 5.21 Å². The maximum atomic E-state index is 5.83. The van der Waals surface area contributed by atoms with Crippen LogP contribution in [0.5, 0.6) is 11.5 Å². The predicted octanol–water partition coefficient (Wildman–Crippen LogP) is 1.63. The molecule has 112 valence electrons. The molecule has 0 saturated carbocycles. The fourth-order valence-corrected chi connectivity index (χ4v) is 2.58. The first-order chi connectivity index (χ1) is 10.2. The summed E-state index contributed by atoms with van der Waals surface area (Å²) in [4.78, 5) is 0. The Bertz CT molecular complexity index is 639. The molecule has 2 aromatic rings. The lowest BCUT2D eigenvalue weighted by Crippen LogP contribution is -2.10. The third kappa shape index (κ3) is 2.71. The van der Waals surface area contributed by atoms with Gasteiger partial charge in [-0.25, -0.2) is 0 Å². The Morgan fingerprint density at radius 3 is 3.10 bits per heavy atom. The van der Waals surface area contributed by atoms with Crippen LogP contribution in [0.4, 0.5) is 0 Å². The lowest BCUT2D eigenvalue weighted by Gasteiger charge is -2.10. The average Bonchev–Trinajstić information content (AvgIpc) is 3.04. The number of nitrogens with two attached hydrogens (primary N) is 1. The summed E-state index contributed by atoms with van der Waals surface area (Å²) in [5.41, 5.74) is 8.41. The minimum absolute atomic E-state index is 0.206. The summed E-state index contributed by atoms with van der Waals surface area (Å²) in [5.74, 6) is 1.74. The zero-order chi connectivity index (χ0) is 14.8. The van der Waals surface area contributed by atoms with Crippen LogP contribution in [-0.2, 0) is 13.0 Å². The van der Waals surface area contributed by atoms with Crippen molar-refractivity contribution in [3.05, 3.63) is 23.9 Å². The minimum atomic E-state index is 0.206. The van der Waals surface area contributed by atoms with Gasteiger partial charge < -0.3 is 15.2 Å². The number of fused-ring (bicyclic) bond motifs is 1. The molecular formula is C15H20N4O2. The molecule has 6 heteroatoms. The fourth-order valence-electron chi connectivity index (χ4n) is 2.58. The third-order valence-corrected chi connectivity index (χ3v) is 3.47. The van der Waals surface area contributed by atoms with Crippen LogP contribution in [0.25, 0.3) is 11.3 Å². The average molecular weight is 288 g/mol. The van der Waals surface area contributed by atoms with E-state index in [1.165, 1.54) is 5.56 Å². The Morgan fingerprint density at radius 1 is 1.48 bits per heavy atom. The van der Waals surface area contributed by atoms with E-state index in [0.29, 0.717) is 19.7 Å². The topological polar surface area (TPSA) is 75.2 Å². The van der Waals surface area contributed by atoms with Crippen molar-refractivity contribution in [2.75, 3.05) is 13.2 Å². The molecule has 1 aliphatic rings. The van der Waals surface area contributed by atoms with Gasteiger partial charge in [0.2, 0.25) is 0 Å². The molecule has 0 spiro atoms. The Hall–Kier alpha value is -2.08. The normalized spacial score (nSPS) is 16.6. The van der Waals surface area contributed by atoms with Gasteiger partial charge in [-0.2, -0.15) is 0 Å². The van der Waals surface area contributed by atoms with Gasteiger partial charge in [0.05, 0.1) is 19.3 Å². The van der Waals surface area contributed by atoms with Gasteiger partial charge in [0.25, 0.3) is 0 Å². The molecule has 0 fully saturated rings. The van der Waals surface area contributed by atoms with E-state index in [9.17, 15) is 0 Å². The molecule has 0 amide bonds. The quantitative estimate of drug-likeness (QED) is 0.905. The van der Waals surface area contributed by atoms with E-state index in [0.717, 1.165) is 29.2 Å². The van der Waals surface area contributed by atoms with Crippen LogP contribution >= 0.6 is 0 Å². The summed E-state index contributed by atoms with van der Waals surface area (Å²) in [5, 5.41) is 8.30. The molecule has 3 rings (SSSR count). The van der Waals surface area contributed by atoms with Crippen LogP contribution in [0.2, 0.25) is 0 Å². The first-order valence-corrected chi connectivity index (χ1v) is 7.28. The molecule has 1 atom stereocenters. The summed E-state index contributed by atoms with van der Waals surface area (Å²) in [6, 6.07) is 4.06. The van der Waals surface area contributed by atoms with Crippen molar-refractivity contribution in [2.45, 2.75) is 32.9 Å². The van der Waals surface area contributed by atoms with E-state index >= 15 is 0 Å². The van der Waals surface area contributed by atoms with Crippen molar-refractivity contribution in [1.82, 2.24) is 15.0 Å². The van der Waals surface area contributed by atoms with Crippen molar-refractivity contribution in [1.29, 1.82) is 0 Å². The minimum Gasteiger partial charge on any atom is -0.493 e. The van der Waals surface area contributed by atoms with Crippen LogP contribution in [0.1, 0.15) is 19.4 Å². The van der Waals surface area contributed by atoms with Gasteiger partial charge in [0, 0.05) is 24.1 Å². The number of hydrogen-bond donors (Lipinski definition) is 1. The predicted molar refractivity (Wildman–Crippen MR) is 79.5 cm³/mol. The van der Waals surface area contributed by atoms with Crippen molar-refractivity contribution < 1.29 is 9.47 Å². The molecule has 0 radical (unpaired) electrons. The number of hydrogen-bond acceptors (Lipinski definition) is 5. The highest BCUT2D eigenvalue weighted by Gasteiger charge is 2.23. The second-order valence-electron chi connectivity index (χ2n) is 5.18. The highest BCUT2D eigenvalue weighted by molar-refractivity contribution is 5.70. The Kier molecular flexibility index (Phi) is 3.79. The smallest absolute Gasteiger partial charge is 0.129 e. The van der Waals surface area contributed by atoms with Gasteiger partial charge in [0.15, 0.2) is 0 Å². The van der Waals surface area contributed by atoms with Crippen molar-refractivity contribution >= 4 is 0 Å². The first kappa shape index (κ1) is 13.9. The molecular weight excluding hydrogens is 268 g/mol. The Balaban J connectivity index is 2.01. The van der Waals surface area contributed by atoms with E-state index in [-0.39, 0.29) is 6.10 Å². The summed E-state index contributed by atoms with van der Waals surface area (Å²) < 4.78 is 13.3. The molecule has 0 saturated heterocycles. The Labute approximate surface area is 123 Å². The van der Waals surface area contributed by atoms with Gasteiger partial charge in [0.1, 0.15) is 23.3 Å². The number of benzene rings is 1. The molecule has 0 aliphatic carbocycles. The van der Waals surface area contributed by atoms with E-state index in [1.807, 2.05) is 19.2 Å². The largest absolute Gasteiger partial charge is 0.493 e. The third-order valence-electron chi connectivity index (χ3n) is 3.47. The molecule has 1 unspecified atom stereocenters. The monoisotopic (exact) mass is 288 g/mol. The van der Waals surface area contributed by atoms with Crippen molar-refractivity contribution in [3.8, 4) is 22.8 Å². The number of aromatic nitrogens is 3. The van der Waals surface area contributed by atoms with Gasteiger partial charge in [-0.3, -0.25) is 4.68 Å². The molecule has 1 aliphatic heterocycles. The molecule has 1 aromatic heterocycles. The van der Waals surface area contributed by atoms with Gasteiger partial charge in [-0.15, -0.1) is 5.10 Å². The molecule has 2 N–H and O–H groups in total. The van der Waals surface area contributed by atoms with Gasteiger partial charge in [-0.05, 0) is 26.0 Å². The van der Waals surface area contributed by atoms with Crippen LogP contribution < -0.4 is 15.2 Å². The van der Waals surface area contributed by atoms with Crippen molar-refractivity contribution in [2.24, 2.45) is 5.73 Å². The van der Waals surface area contributed by atoms with Crippen molar-refractivity contribution in [3.63, 3.8) is 0 Å². The summed E-state index contributed by atoms with van der Waals surface area (Å²) in [6.45, 7) is 5.83. The van der Waals surface area contributed by atoms with Crippen LogP contribution in [-0.4, -0.2) is 34.2 Å². The second kappa shape index (κ2) is 5.73. The number of rotatable bonds is 5. The fraction of sp³-hybridized carbons (Fsp3) is 0.467. The Morgan fingerprint density at radius 2 is 2.33 bits per heavy atom.